The van der Waals surface area contributed by atoms with Crippen LogP contribution in [0.3, 0.4) is 0 Å². The Morgan fingerprint density at radius 2 is 1.73 bits per heavy atom. The van der Waals surface area contributed by atoms with Crippen molar-refractivity contribution in [2.24, 2.45) is 0 Å². The Morgan fingerprint density at radius 3 is 2.41 bits per heavy atom. The molecule has 1 heterocycles. The molecule has 0 saturated heterocycles. The van der Waals surface area contributed by atoms with Crippen LogP contribution in [0, 0.1) is 17.1 Å². The topological polar surface area (TPSA) is 132 Å². The molecule has 4 aromatic rings. The lowest BCUT2D eigenvalue weighted by molar-refractivity contribution is -0.141. The number of benzene rings is 3. The van der Waals surface area contributed by atoms with Crippen LogP contribution >= 0.6 is 0 Å². The number of amides is 1. The highest BCUT2D eigenvalue weighted by atomic mass is 19.4. The van der Waals surface area contributed by atoms with Crippen molar-refractivity contribution in [3.05, 3.63) is 112 Å². The van der Waals surface area contributed by atoms with Crippen molar-refractivity contribution in [3.63, 3.8) is 0 Å². The lowest BCUT2D eigenvalue weighted by atomic mass is 9.99. The number of aromatic nitrogens is 2. The van der Waals surface area contributed by atoms with E-state index in [-0.39, 0.29) is 29.2 Å². The van der Waals surface area contributed by atoms with E-state index in [1.165, 1.54) is 36.4 Å². The van der Waals surface area contributed by atoms with Gasteiger partial charge in [0, 0.05) is 6.54 Å². The predicted octanol–water partition coefficient (Wildman–Crippen LogP) is 6.11. The molecule has 0 aliphatic carbocycles. The molecule has 3 aromatic carbocycles. The number of rotatable bonds is 8. The summed E-state index contributed by atoms with van der Waals surface area (Å²) in [6.45, 7) is 5.08. The number of alkyl halides is 3. The highest BCUT2D eigenvalue weighted by molar-refractivity contribution is 5.67. The molecule has 13 heteroatoms. The van der Waals surface area contributed by atoms with Crippen LogP contribution in [0.5, 0.6) is 0 Å². The van der Waals surface area contributed by atoms with E-state index in [0.717, 1.165) is 10.7 Å². The number of hydrogen-bond donors (Lipinski definition) is 4. The summed E-state index contributed by atoms with van der Waals surface area (Å²) in [5.74, 6) is -0.844. The molecule has 0 radical (unpaired) electrons. The van der Waals surface area contributed by atoms with E-state index in [0.29, 0.717) is 22.8 Å². The number of nitrogens with one attached hydrogen (secondary N) is 2. The van der Waals surface area contributed by atoms with Gasteiger partial charge in [0.05, 0.1) is 28.7 Å². The molecule has 4 rings (SSSR count). The first kappa shape index (κ1) is 32.0. The van der Waals surface area contributed by atoms with Crippen LogP contribution in [0.4, 0.5) is 28.0 Å². The third-order valence-electron chi connectivity index (χ3n) is 6.23. The fourth-order valence-corrected chi connectivity index (χ4v) is 4.24. The third-order valence-corrected chi connectivity index (χ3v) is 6.23. The Labute approximate surface area is 250 Å². The predicted molar refractivity (Wildman–Crippen MR) is 152 cm³/mol. The summed E-state index contributed by atoms with van der Waals surface area (Å²) in [5, 5.41) is 39.6. The molecule has 2 atom stereocenters. The van der Waals surface area contributed by atoms with Crippen LogP contribution in [0.1, 0.15) is 66.7 Å². The standard InChI is InChI=1S/C31H29F4N5O4/c1-30(2,3)44-29(43)37-17-19-7-5-9-22(13-19)40-25(15-26(39-40)31(33,34)35)28(42)38-24-14-21(10-11-23(24)32)27(41)20-8-4-6-18(12-20)16-36/h4-15,27-28,38,41-42H,17H2,1-3H3,(H,37,43). The van der Waals surface area contributed by atoms with Gasteiger partial charge >= 0.3 is 12.3 Å². The van der Waals surface area contributed by atoms with E-state index in [2.05, 4.69) is 15.7 Å². The average Bonchev–Trinajstić information content (AvgIpc) is 3.43. The molecule has 4 N–H and O–H groups in total. The summed E-state index contributed by atoms with van der Waals surface area (Å²) in [6, 6.07) is 18.4. The first-order valence-corrected chi connectivity index (χ1v) is 13.3. The number of carbonyl (C=O) groups excluding carboxylic acids is 1. The maximum atomic E-state index is 14.8. The number of carbonyl (C=O) groups is 1. The van der Waals surface area contributed by atoms with Gasteiger partial charge in [-0.25, -0.2) is 13.9 Å². The van der Waals surface area contributed by atoms with Crippen LogP contribution in [-0.2, 0) is 17.5 Å². The smallest absolute Gasteiger partial charge is 0.435 e. The molecule has 2 unspecified atom stereocenters. The van der Waals surface area contributed by atoms with Gasteiger partial charge in [-0.3, -0.25) is 0 Å². The fourth-order valence-electron chi connectivity index (χ4n) is 4.24. The average molecular weight is 612 g/mol. The van der Waals surface area contributed by atoms with Gasteiger partial charge in [-0.2, -0.15) is 23.5 Å². The van der Waals surface area contributed by atoms with Crippen molar-refractivity contribution in [1.82, 2.24) is 15.1 Å². The normalized spacial score (nSPS) is 13.1. The molecular formula is C31H29F4N5O4. The van der Waals surface area contributed by atoms with Gasteiger partial charge in [-0.05, 0) is 79.9 Å². The van der Waals surface area contributed by atoms with Crippen molar-refractivity contribution >= 4 is 11.8 Å². The van der Waals surface area contributed by atoms with Crippen LogP contribution in [0.15, 0.2) is 72.8 Å². The van der Waals surface area contributed by atoms with Gasteiger partial charge in [-0.15, -0.1) is 0 Å². The number of aliphatic hydroxyl groups excluding tert-OH is 2. The largest absolute Gasteiger partial charge is 0.444 e. The van der Waals surface area contributed by atoms with Crippen LogP contribution in [-0.4, -0.2) is 31.7 Å². The number of hydrogen-bond acceptors (Lipinski definition) is 7. The SMILES string of the molecule is CC(C)(C)OC(=O)NCc1cccc(-n2nc(C(F)(F)F)cc2C(O)Nc2cc(C(O)c3cccc(C#N)c3)ccc2F)c1. The third kappa shape index (κ3) is 7.91. The number of alkyl carbamates (subject to hydrolysis) is 1. The van der Waals surface area contributed by atoms with Gasteiger partial charge in [-0.1, -0.05) is 30.3 Å². The lowest BCUT2D eigenvalue weighted by Crippen LogP contribution is -2.32. The molecule has 1 amide bonds. The molecule has 9 nitrogen and oxygen atoms in total. The van der Waals surface area contributed by atoms with E-state index >= 15 is 0 Å². The van der Waals surface area contributed by atoms with Crippen LogP contribution in [0.2, 0.25) is 0 Å². The molecule has 0 aliphatic rings. The number of ether oxygens (including phenoxy) is 1. The van der Waals surface area contributed by atoms with Crippen molar-refractivity contribution in [2.45, 2.75) is 51.4 Å². The van der Waals surface area contributed by atoms with Gasteiger partial charge in [0.1, 0.15) is 17.5 Å². The zero-order chi connectivity index (χ0) is 32.2. The number of aliphatic hydroxyl groups is 2. The summed E-state index contributed by atoms with van der Waals surface area (Å²) >= 11 is 0. The molecule has 230 valence electrons. The summed E-state index contributed by atoms with van der Waals surface area (Å²) in [5.41, 5.74) is -1.21. The monoisotopic (exact) mass is 611 g/mol. The maximum Gasteiger partial charge on any atom is 0.435 e. The van der Waals surface area contributed by atoms with Crippen molar-refractivity contribution < 1.29 is 37.3 Å². The van der Waals surface area contributed by atoms with E-state index in [4.69, 9.17) is 10.00 Å². The number of halogens is 4. The number of anilines is 1. The highest BCUT2D eigenvalue weighted by Crippen LogP contribution is 2.33. The lowest BCUT2D eigenvalue weighted by Gasteiger charge is -2.20. The summed E-state index contributed by atoms with van der Waals surface area (Å²) in [6.07, 6.45) is -8.69. The quantitative estimate of drug-likeness (QED) is 0.140. The Kier molecular flexibility index (Phi) is 9.27. The summed E-state index contributed by atoms with van der Waals surface area (Å²) in [4.78, 5) is 12.0. The minimum absolute atomic E-state index is 0.0100. The Bertz CT molecular complexity index is 1690. The first-order valence-electron chi connectivity index (χ1n) is 13.3. The van der Waals surface area contributed by atoms with Gasteiger partial charge < -0.3 is 25.6 Å². The molecule has 0 saturated carbocycles. The van der Waals surface area contributed by atoms with Gasteiger partial charge in [0.15, 0.2) is 11.9 Å². The summed E-state index contributed by atoms with van der Waals surface area (Å²) in [7, 11) is 0. The van der Waals surface area contributed by atoms with Crippen molar-refractivity contribution in [2.75, 3.05) is 5.32 Å². The molecule has 44 heavy (non-hydrogen) atoms. The van der Waals surface area contributed by atoms with Gasteiger partial charge in [0.25, 0.3) is 0 Å². The van der Waals surface area contributed by atoms with E-state index in [1.807, 2.05) is 6.07 Å². The molecule has 0 aliphatic heterocycles. The second kappa shape index (κ2) is 12.7. The zero-order valence-corrected chi connectivity index (χ0v) is 23.9. The molecule has 0 spiro atoms. The van der Waals surface area contributed by atoms with E-state index < -0.39 is 41.7 Å². The molecule has 0 fully saturated rings. The second-order valence-electron chi connectivity index (χ2n) is 10.8. The minimum Gasteiger partial charge on any atom is -0.444 e. The minimum atomic E-state index is -4.86. The number of nitriles is 1. The fraction of sp³-hybridized carbons (Fsp3) is 0.258. The van der Waals surface area contributed by atoms with Crippen LogP contribution < -0.4 is 10.6 Å². The Hall–Kier alpha value is -4.93. The Morgan fingerprint density at radius 1 is 1.02 bits per heavy atom. The second-order valence-corrected chi connectivity index (χ2v) is 10.8. The highest BCUT2D eigenvalue weighted by Gasteiger charge is 2.36. The zero-order valence-electron chi connectivity index (χ0n) is 23.9. The van der Waals surface area contributed by atoms with Crippen LogP contribution in [0.25, 0.3) is 5.69 Å². The van der Waals surface area contributed by atoms with Crippen molar-refractivity contribution in [1.29, 1.82) is 5.26 Å². The first-order chi connectivity index (χ1) is 20.6. The van der Waals surface area contributed by atoms with E-state index in [9.17, 15) is 32.6 Å². The molecular weight excluding hydrogens is 582 g/mol. The van der Waals surface area contributed by atoms with Gasteiger partial charge in [0.2, 0.25) is 0 Å². The maximum absolute atomic E-state index is 14.8. The van der Waals surface area contributed by atoms with Crippen molar-refractivity contribution in [3.8, 4) is 11.8 Å². The molecule has 1 aromatic heterocycles. The van der Waals surface area contributed by atoms with E-state index in [1.54, 1.807) is 45.0 Å². The molecule has 0 bridgehead atoms. The Balaban J connectivity index is 1.63. The summed E-state index contributed by atoms with van der Waals surface area (Å²) < 4.78 is 61.9. The number of nitrogens with zero attached hydrogens (tertiary/aromatic N) is 3.